The molecule has 0 bridgehead atoms. The predicted octanol–water partition coefficient (Wildman–Crippen LogP) is 1.82. The summed E-state index contributed by atoms with van der Waals surface area (Å²) in [6, 6.07) is 10.4. The van der Waals surface area contributed by atoms with Gasteiger partial charge >= 0.3 is 0 Å². The zero-order chi connectivity index (χ0) is 14.7. The Morgan fingerprint density at radius 2 is 2.14 bits per heavy atom. The Labute approximate surface area is 124 Å². The fourth-order valence-electron chi connectivity index (χ4n) is 2.92. The lowest BCUT2D eigenvalue weighted by Gasteiger charge is -2.41. The quantitative estimate of drug-likeness (QED) is 0.935. The van der Waals surface area contributed by atoms with Gasteiger partial charge in [0.25, 0.3) is 0 Å². The van der Waals surface area contributed by atoms with Gasteiger partial charge in [-0.15, -0.1) is 0 Å². The van der Waals surface area contributed by atoms with Crippen LogP contribution in [0.4, 0.5) is 0 Å². The van der Waals surface area contributed by atoms with Gasteiger partial charge in [-0.2, -0.15) is 0 Å². The molecule has 1 aliphatic rings. The standard InChI is InChI=1S/C16H20N4O/c1-13(21)20-10-9-19(12-16-17-7-8-18-16)11-15(20)14-5-3-2-4-6-14/h2-8,15H,9-12H2,1H3,(H,17,18)/t15-/m1/s1. The molecule has 2 heterocycles. The molecule has 1 aliphatic heterocycles. The first-order chi connectivity index (χ1) is 10.2. The molecule has 1 amide bonds. The van der Waals surface area contributed by atoms with Crippen LogP contribution in [-0.4, -0.2) is 45.3 Å². The summed E-state index contributed by atoms with van der Waals surface area (Å²) < 4.78 is 0. The third-order valence-corrected chi connectivity index (χ3v) is 3.98. The van der Waals surface area contributed by atoms with E-state index in [4.69, 9.17) is 0 Å². The molecule has 1 atom stereocenters. The highest BCUT2D eigenvalue weighted by molar-refractivity contribution is 5.74. The number of H-pyrrole nitrogens is 1. The van der Waals surface area contributed by atoms with E-state index in [-0.39, 0.29) is 11.9 Å². The normalized spacial score (nSPS) is 19.7. The van der Waals surface area contributed by atoms with Crippen LogP contribution in [-0.2, 0) is 11.3 Å². The summed E-state index contributed by atoms with van der Waals surface area (Å²) >= 11 is 0. The number of carbonyl (C=O) groups excluding carboxylic acids is 1. The van der Waals surface area contributed by atoms with Crippen LogP contribution in [0.2, 0.25) is 0 Å². The van der Waals surface area contributed by atoms with Gasteiger partial charge in [0.05, 0.1) is 12.6 Å². The van der Waals surface area contributed by atoms with Crippen molar-refractivity contribution < 1.29 is 4.79 Å². The summed E-state index contributed by atoms with van der Waals surface area (Å²) in [6.07, 6.45) is 3.62. The average Bonchev–Trinajstić information content (AvgIpc) is 3.01. The van der Waals surface area contributed by atoms with Crippen molar-refractivity contribution in [2.75, 3.05) is 19.6 Å². The summed E-state index contributed by atoms with van der Waals surface area (Å²) in [6.45, 7) is 4.92. The smallest absolute Gasteiger partial charge is 0.220 e. The molecule has 5 nitrogen and oxygen atoms in total. The monoisotopic (exact) mass is 284 g/mol. The summed E-state index contributed by atoms with van der Waals surface area (Å²) in [5, 5.41) is 0. The van der Waals surface area contributed by atoms with E-state index in [1.54, 1.807) is 13.1 Å². The lowest BCUT2D eigenvalue weighted by atomic mass is 10.0. The van der Waals surface area contributed by atoms with Crippen molar-refractivity contribution >= 4 is 5.91 Å². The first-order valence-corrected chi connectivity index (χ1v) is 7.27. The third-order valence-electron chi connectivity index (χ3n) is 3.98. The average molecular weight is 284 g/mol. The van der Waals surface area contributed by atoms with Gasteiger partial charge in [-0.1, -0.05) is 30.3 Å². The van der Waals surface area contributed by atoms with Gasteiger partial charge in [0.2, 0.25) is 5.91 Å². The molecule has 0 spiro atoms. The fourth-order valence-corrected chi connectivity index (χ4v) is 2.92. The Balaban J connectivity index is 1.77. The van der Waals surface area contributed by atoms with Crippen LogP contribution >= 0.6 is 0 Å². The van der Waals surface area contributed by atoms with Crippen LogP contribution in [0.3, 0.4) is 0 Å². The highest BCUT2D eigenvalue weighted by atomic mass is 16.2. The lowest BCUT2D eigenvalue weighted by Crippen LogP contribution is -2.49. The molecule has 0 saturated carbocycles. The van der Waals surface area contributed by atoms with E-state index >= 15 is 0 Å². The minimum atomic E-state index is 0.118. The second-order valence-corrected chi connectivity index (χ2v) is 5.41. The van der Waals surface area contributed by atoms with Gasteiger partial charge in [0.15, 0.2) is 0 Å². The minimum absolute atomic E-state index is 0.118. The minimum Gasteiger partial charge on any atom is -0.348 e. The molecule has 1 N–H and O–H groups in total. The lowest BCUT2D eigenvalue weighted by molar-refractivity contribution is -0.134. The summed E-state index contributed by atoms with van der Waals surface area (Å²) in [7, 11) is 0. The first-order valence-electron chi connectivity index (χ1n) is 7.27. The van der Waals surface area contributed by atoms with E-state index in [9.17, 15) is 4.79 Å². The summed E-state index contributed by atoms with van der Waals surface area (Å²) in [5.74, 6) is 1.11. The molecule has 1 aromatic heterocycles. The molecule has 5 heteroatoms. The Morgan fingerprint density at radius 1 is 1.33 bits per heavy atom. The van der Waals surface area contributed by atoms with Crippen LogP contribution in [0, 0.1) is 0 Å². The number of rotatable bonds is 3. The molecule has 1 fully saturated rings. The first kappa shape index (κ1) is 13.8. The molecule has 1 saturated heterocycles. The van der Waals surface area contributed by atoms with E-state index in [0.717, 1.165) is 32.0 Å². The van der Waals surface area contributed by atoms with Crippen LogP contribution in [0.15, 0.2) is 42.7 Å². The largest absolute Gasteiger partial charge is 0.348 e. The molecule has 0 radical (unpaired) electrons. The molecule has 21 heavy (non-hydrogen) atoms. The van der Waals surface area contributed by atoms with E-state index < -0.39 is 0 Å². The molecular weight excluding hydrogens is 264 g/mol. The molecular formula is C16H20N4O. The van der Waals surface area contributed by atoms with Crippen molar-refractivity contribution in [2.24, 2.45) is 0 Å². The number of piperazine rings is 1. The van der Waals surface area contributed by atoms with Crippen LogP contribution < -0.4 is 0 Å². The van der Waals surface area contributed by atoms with Gasteiger partial charge in [0, 0.05) is 39.0 Å². The highest BCUT2D eigenvalue weighted by Gasteiger charge is 2.29. The Morgan fingerprint density at radius 3 is 2.81 bits per heavy atom. The molecule has 2 aromatic rings. The number of aromatic nitrogens is 2. The van der Waals surface area contributed by atoms with Crippen LogP contribution in [0.25, 0.3) is 0 Å². The zero-order valence-electron chi connectivity index (χ0n) is 12.2. The topological polar surface area (TPSA) is 52.2 Å². The van der Waals surface area contributed by atoms with Crippen molar-refractivity contribution in [3.63, 3.8) is 0 Å². The van der Waals surface area contributed by atoms with Crippen molar-refractivity contribution in [1.82, 2.24) is 19.8 Å². The highest BCUT2D eigenvalue weighted by Crippen LogP contribution is 2.26. The Bertz CT molecular complexity index is 582. The number of aromatic amines is 1. The van der Waals surface area contributed by atoms with Crippen molar-refractivity contribution in [2.45, 2.75) is 19.5 Å². The van der Waals surface area contributed by atoms with Gasteiger partial charge in [-0.05, 0) is 5.56 Å². The zero-order valence-corrected chi connectivity index (χ0v) is 12.2. The molecule has 1 aromatic carbocycles. The number of amides is 1. The van der Waals surface area contributed by atoms with Crippen LogP contribution in [0.1, 0.15) is 24.4 Å². The molecule has 0 unspecified atom stereocenters. The van der Waals surface area contributed by atoms with Gasteiger partial charge < -0.3 is 9.88 Å². The maximum Gasteiger partial charge on any atom is 0.220 e. The number of imidazole rings is 1. The van der Waals surface area contributed by atoms with Crippen LogP contribution in [0.5, 0.6) is 0 Å². The summed E-state index contributed by atoms with van der Waals surface area (Å²) in [5.41, 5.74) is 1.19. The van der Waals surface area contributed by atoms with Crippen molar-refractivity contribution in [3.8, 4) is 0 Å². The van der Waals surface area contributed by atoms with E-state index in [1.807, 2.05) is 29.3 Å². The predicted molar refractivity (Wildman–Crippen MR) is 80.4 cm³/mol. The molecule has 3 rings (SSSR count). The second kappa shape index (κ2) is 6.10. The SMILES string of the molecule is CC(=O)N1CCN(Cc2ncc[nH]2)C[C@@H]1c1ccccc1. The van der Waals surface area contributed by atoms with Crippen molar-refractivity contribution in [1.29, 1.82) is 0 Å². The number of nitrogens with one attached hydrogen (secondary N) is 1. The van der Waals surface area contributed by atoms with E-state index in [2.05, 4.69) is 27.0 Å². The van der Waals surface area contributed by atoms with E-state index in [1.165, 1.54) is 5.56 Å². The maximum absolute atomic E-state index is 11.9. The van der Waals surface area contributed by atoms with Gasteiger partial charge in [-0.3, -0.25) is 9.69 Å². The fraction of sp³-hybridized carbons (Fsp3) is 0.375. The van der Waals surface area contributed by atoms with Crippen molar-refractivity contribution in [3.05, 3.63) is 54.1 Å². The third kappa shape index (κ3) is 3.13. The van der Waals surface area contributed by atoms with Gasteiger partial charge in [0.1, 0.15) is 5.82 Å². The molecule has 0 aliphatic carbocycles. The maximum atomic E-state index is 11.9. The molecule has 110 valence electrons. The number of hydrogen-bond acceptors (Lipinski definition) is 3. The Hall–Kier alpha value is -2.14. The number of benzene rings is 1. The van der Waals surface area contributed by atoms with Gasteiger partial charge in [-0.25, -0.2) is 4.98 Å². The summed E-state index contributed by atoms with van der Waals surface area (Å²) in [4.78, 5) is 23.6. The number of nitrogens with zero attached hydrogens (tertiary/aromatic N) is 3. The second-order valence-electron chi connectivity index (χ2n) is 5.41. The number of carbonyl (C=O) groups is 1. The Kier molecular flexibility index (Phi) is 4.01. The van der Waals surface area contributed by atoms with E-state index in [0.29, 0.717) is 0 Å². The number of hydrogen-bond donors (Lipinski definition) is 1.